The van der Waals surface area contributed by atoms with E-state index in [1.807, 2.05) is 0 Å². The van der Waals surface area contributed by atoms with E-state index in [2.05, 4.69) is 4.99 Å². The molecule has 1 aliphatic heterocycles. The maximum atomic E-state index is 12.5. The van der Waals surface area contributed by atoms with Gasteiger partial charge in [-0.05, 0) is 59.8 Å². The number of halogens is 1. The SMILES string of the molecule is CC(=O)Oc1ccc(/C=C2/SC(=Nc3ccc(Cl)cc3)N(C)C2=O)cc1O. The molecular weight excluding hydrogens is 388 g/mol. The van der Waals surface area contributed by atoms with Crippen LogP contribution >= 0.6 is 23.4 Å². The number of hydrogen-bond donors (Lipinski definition) is 1. The zero-order chi connectivity index (χ0) is 19.6. The predicted molar refractivity (Wildman–Crippen MR) is 106 cm³/mol. The van der Waals surface area contributed by atoms with Crippen LogP contribution in [0.15, 0.2) is 52.4 Å². The van der Waals surface area contributed by atoms with Gasteiger partial charge >= 0.3 is 5.97 Å². The highest BCUT2D eigenvalue weighted by Gasteiger charge is 2.30. The van der Waals surface area contributed by atoms with Gasteiger partial charge in [0, 0.05) is 19.0 Å². The molecule has 0 bridgehead atoms. The molecule has 1 aliphatic rings. The van der Waals surface area contributed by atoms with Gasteiger partial charge in [0.25, 0.3) is 5.91 Å². The van der Waals surface area contributed by atoms with Gasteiger partial charge in [-0.3, -0.25) is 14.5 Å². The maximum Gasteiger partial charge on any atom is 0.308 e. The highest BCUT2D eigenvalue weighted by atomic mass is 35.5. The van der Waals surface area contributed by atoms with Crippen LogP contribution in [0.2, 0.25) is 5.02 Å². The molecule has 2 aromatic carbocycles. The topological polar surface area (TPSA) is 79.2 Å². The first-order valence-corrected chi connectivity index (χ1v) is 9.06. The second kappa shape index (κ2) is 7.85. The molecule has 0 unspecified atom stereocenters. The van der Waals surface area contributed by atoms with E-state index in [9.17, 15) is 14.7 Å². The first kappa shape index (κ1) is 19.0. The third-order valence-electron chi connectivity index (χ3n) is 3.59. The molecule has 1 fully saturated rings. The Morgan fingerprint density at radius 3 is 2.59 bits per heavy atom. The molecule has 0 aromatic heterocycles. The standard InChI is InChI=1S/C19H15ClN2O4S/c1-11(23)26-16-8-3-12(9-15(16)24)10-17-18(25)22(2)19(27-17)21-14-6-4-13(20)5-7-14/h3-10,24H,1-2H3/b17-10+,21-19?. The maximum absolute atomic E-state index is 12.5. The summed E-state index contributed by atoms with van der Waals surface area (Å²) >= 11 is 7.10. The van der Waals surface area contributed by atoms with Crippen LogP contribution in [0.4, 0.5) is 5.69 Å². The molecule has 1 saturated heterocycles. The summed E-state index contributed by atoms with van der Waals surface area (Å²) in [4.78, 5) is 29.8. The zero-order valence-corrected chi connectivity index (χ0v) is 16.0. The van der Waals surface area contributed by atoms with Crippen LogP contribution in [-0.2, 0) is 9.59 Å². The van der Waals surface area contributed by atoms with Gasteiger partial charge in [-0.25, -0.2) is 4.99 Å². The van der Waals surface area contributed by atoms with Gasteiger partial charge in [-0.15, -0.1) is 0 Å². The van der Waals surface area contributed by atoms with Gasteiger partial charge in [-0.1, -0.05) is 17.7 Å². The number of rotatable bonds is 3. The van der Waals surface area contributed by atoms with E-state index in [0.717, 1.165) is 0 Å². The highest BCUT2D eigenvalue weighted by Crippen LogP contribution is 2.35. The molecule has 0 spiro atoms. The van der Waals surface area contributed by atoms with Crippen molar-refractivity contribution in [2.24, 2.45) is 4.99 Å². The van der Waals surface area contributed by atoms with E-state index in [-0.39, 0.29) is 17.4 Å². The number of nitrogens with zero attached hydrogens (tertiary/aromatic N) is 2. The summed E-state index contributed by atoms with van der Waals surface area (Å²) in [5, 5.41) is 11.1. The normalized spacial score (nSPS) is 17.0. The van der Waals surface area contributed by atoms with Crippen molar-refractivity contribution in [1.29, 1.82) is 0 Å². The molecule has 1 heterocycles. The Bertz CT molecular complexity index is 970. The van der Waals surface area contributed by atoms with Crippen LogP contribution in [-0.4, -0.2) is 34.1 Å². The lowest BCUT2D eigenvalue weighted by atomic mass is 10.2. The van der Waals surface area contributed by atoms with Crippen molar-refractivity contribution in [3.05, 3.63) is 58.0 Å². The molecule has 0 radical (unpaired) electrons. The average Bonchev–Trinajstić information content (AvgIpc) is 2.87. The molecule has 2 aromatic rings. The molecule has 0 aliphatic carbocycles. The third-order valence-corrected chi connectivity index (χ3v) is 4.90. The fourth-order valence-corrected chi connectivity index (χ4v) is 3.41. The van der Waals surface area contributed by atoms with Crippen molar-refractivity contribution in [1.82, 2.24) is 4.90 Å². The number of aliphatic imine (C=N–C) groups is 1. The molecule has 3 rings (SSSR count). The minimum atomic E-state index is -0.525. The lowest BCUT2D eigenvalue weighted by Crippen LogP contribution is -2.23. The number of hydrogen-bond acceptors (Lipinski definition) is 6. The highest BCUT2D eigenvalue weighted by molar-refractivity contribution is 8.18. The van der Waals surface area contributed by atoms with Crippen LogP contribution < -0.4 is 4.74 Å². The molecule has 0 atom stereocenters. The largest absolute Gasteiger partial charge is 0.504 e. The predicted octanol–water partition coefficient (Wildman–Crippen LogP) is 4.20. The van der Waals surface area contributed by atoms with Crippen molar-refractivity contribution >= 4 is 52.2 Å². The van der Waals surface area contributed by atoms with Gasteiger partial charge in [0.15, 0.2) is 16.7 Å². The number of phenolic OH excluding ortho intramolecular Hbond substituents is 1. The Morgan fingerprint density at radius 2 is 1.96 bits per heavy atom. The number of phenols is 1. The molecule has 8 heteroatoms. The van der Waals surface area contributed by atoms with Gasteiger partial charge in [0.05, 0.1) is 10.6 Å². The number of aromatic hydroxyl groups is 1. The monoisotopic (exact) mass is 402 g/mol. The Balaban J connectivity index is 1.85. The minimum absolute atomic E-state index is 0.0668. The van der Waals surface area contributed by atoms with Crippen LogP contribution in [0.5, 0.6) is 11.5 Å². The summed E-state index contributed by atoms with van der Waals surface area (Å²) in [6, 6.07) is 11.5. The summed E-state index contributed by atoms with van der Waals surface area (Å²) in [5.74, 6) is -0.838. The Kier molecular flexibility index (Phi) is 5.53. The number of amides is 1. The van der Waals surface area contributed by atoms with Crippen LogP contribution in [0.25, 0.3) is 6.08 Å². The van der Waals surface area contributed by atoms with E-state index in [1.54, 1.807) is 43.5 Å². The van der Waals surface area contributed by atoms with Crippen LogP contribution in [0, 0.1) is 0 Å². The summed E-state index contributed by atoms with van der Waals surface area (Å²) in [5.41, 5.74) is 1.28. The smallest absolute Gasteiger partial charge is 0.308 e. The Labute approximate surface area is 165 Å². The van der Waals surface area contributed by atoms with Crippen molar-refractivity contribution in [2.75, 3.05) is 7.05 Å². The summed E-state index contributed by atoms with van der Waals surface area (Å²) in [6.07, 6.45) is 1.64. The number of likely N-dealkylation sites (N-methyl/N-ethyl adjacent to an activating group) is 1. The van der Waals surface area contributed by atoms with Crippen LogP contribution in [0.3, 0.4) is 0 Å². The lowest BCUT2D eigenvalue weighted by molar-refractivity contribution is -0.132. The van der Waals surface area contributed by atoms with E-state index < -0.39 is 5.97 Å². The molecule has 27 heavy (non-hydrogen) atoms. The van der Waals surface area contributed by atoms with E-state index in [1.165, 1.54) is 35.7 Å². The number of ether oxygens (including phenoxy) is 1. The van der Waals surface area contributed by atoms with Gasteiger partial charge < -0.3 is 9.84 Å². The minimum Gasteiger partial charge on any atom is -0.504 e. The lowest BCUT2D eigenvalue weighted by Gasteiger charge is -2.07. The van der Waals surface area contributed by atoms with Crippen molar-refractivity contribution in [2.45, 2.75) is 6.92 Å². The van der Waals surface area contributed by atoms with E-state index in [0.29, 0.717) is 26.3 Å². The molecular formula is C19H15ClN2O4S. The molecule has 1 amide bonds. The number of benzene rings is 2. The Hall–Kier alpha value is -2.77. The van der Waals surface area contributed by atoms with Crippen molar-refractivity contribution in [3.63, 3.8) is 0 Å². The zero-order valence-electron chi connectivity index (χ0n) is 14.5. The van der Waals surface area contributed by atoms with Gasteiger partial charge in [0.2, 0.25) is 0 Å². The van der Waals surface area contributed by atoms with Gasteiger partial charge in [0.1, 0.15) is 0 Å². The average molecular weight is 403 g/mol. The second-order valence-electron chi connectivity index (χ2n) is 5.67. The summed E-state index contributed by atoms with van der Waals surface area (Å²) in [6.45, 7) is 1.25. The summed E-state index contributed by atoms with van der Waals surface area (Å²) < 4.78 is 4.88. The molecule has 6 nitrogen and oxygen atoms in total. The Morgan fingerprint density at radius 1 is 1.26 bits per heavy atom. The van der Waals surface area contributed by atoms with Gasteiger partial charge in [-0.2, -0.15) is 0 Å². The first-order valence-electron chi connectivity index (χ1n) is 7.87. The van der Waals surface area contributed by atoms with Crippen molar-refractivity contribution in [3.8, 4) is 11.5 Å². The first-order chi connectivity index (χ1) is 12.8. The van der Waals surface area contributed by atoms with E-state index >= 15 is 0 Å². The quantitative estimate of drug-likeness (QED) is 0.472. The fourth-order valence-electron chi connectivity index (χ4n) is 2.29. The number of amidine groups is 1. The summed E-state index contributed by atoms with van der Waals surface area (Å²) in [7, 11) is 1.65. The number of carbonyl (C=O) groups is 2. The number of esters is 1. The molecule has 1 N–H and O–H groups in total. The molecule has 138 valence electrons. The molecule has 0 saturated carbocycles. The van der Waals surface area contributed by atoms with E-state index in [4.69, 9.17) is 16.3 Å². The number of carbonyl (C=O) groups excluding carboxylic acids is 2. The number of thioether (sulfide) groups is 1. The fraction of sp³-hybridized carbons (Fsp3) is 0.105. The third kappa shape index (κ3) is 4.50. The van der Waals surface area contributed by atoms with Crippen LogP contribution in [0.1, 0.15) is 12.5 Å². The second-order valence-corrected chi connectivity index (χ2v) is 7.11. The van der Waals surface area contributed by atoms with Crippen molar-refractivity contribution < 1.29 is 19.4 Å².